The summed E-state index contributed by atoms with van der Waals surface area (Å²) in [5.74, 6) is -2.35. The van der Waals surface area contributed by atoms with Crippen LogP contribution in [0.3, 0.4) is 0 Å². The van der Waals surface area contributed by atoms with Gasteiger partial charge in [-0.1, -0.05) is 18.2 Å². The third kappa shape index (κ3) is 6.46. The molecule has 35 heavy (non-hydrogen) atoms. The Morgan fingerprint density at radius 2 is 1.97 bits per heavy atom. The van der Waals surface area contributed by atoms with Crippen LogP contribution in [0.2, 0.25) is 0 Å². The zero-order chi connectivity index (χ0) is 25.6. The number of esters is 1. The molecule has 10 nitrogen and oxygen atoms in total. The first-order chi connectivity index (χ1) is 16.6. The number of amides is 1. The van der Waals surface area contributed by atoms with E-state index in [0.29, 0.717) is 17.1 Å². The van der Waals surface area contributed by atoms with E-state index >= 15 is 0 Å². The van der Waals surface area contributed by atoms with Crippen molar-refractivity contribution in [1.82, 2.24) is 9.36 Å². The van der Waals surface area contributed by atoms with Gasteiger partial charge in [-0.2, -0.15) is 14.6 Å². The zero-order valence-electron chi connectivity index (χ0n) is 18.3. The molecule has 0 aliphatic heterocycles. The van der Waals surface area contributed by atoms with E-state index in [9.17, 15) is 27.7 Å². The summed E-state index contributed by atoms with van der Waals surface area (Å²) in [7, 11) is -3.65. The van der Waals surface area contributed by atoms with Crippen molar-refractivity contribution in [3.63, 3.8) is 0 Å². The third-order valence-corrected chi connectivity index (χ3v) is 5.79. The molecule has 0 spiro atoms. The van der Waals surface area contributed by atoms with Crippen LogP contribution >= 0.6 is 11.5 Å². The predicted molar refractivity (Wildman–Crippen MR) is 124 cm³/mol. The monoisotopic (exact) mass is 516 g/mol. The maximum Gasteiger partial charge on any atom is 0.346 e. The SMILES string of the molecule is CCOc1cc(C=C(C#N)C(=O)Nc2nc(S(C)(=O)=O)ns2)ccc1OC(=O)c1ccccc1F. The number of rotatable bonds is 8. The Bertz CT molecular complexity index is 1460. The fourth-order valence-electron chi connectivity index (χ4n) is 2.64. The van der Waals surface area contributed by atoms with Crippen molar-refractivity contribution in [2.75, 3.05) is 18.2 Å². The summed E-state index contributed by atoms with van der Waals surface area (Å²) >= 11 is 0.651. The standard InChI is InChI=1S/C22H17FN4O6S2/c1-3-32-18-11-13(8-9-17(18)33-20(29)15-6-4-5-7-16(15)23)10-14(12-24)19(28)25-21-26-22(27-34-21)35(2,30)31/h4-11H,3H2,1-2H3,(H,25,26,27,28). The molecule has 3 rings (SSSR count). The number of halogens is 1. The van der Waals surface area contributed by atoms with Crippen molar-refractivity contribution < 1.29 is 31.9 Å². The van der Waals surface area contributed by atoms with Crippen LogP contribution in [0.1, 0.15) is 22.8 Å². The van der Waals surface area contributed by atoms with Crippen LogP contribution in [0.15, 0.2) is 53.2 Å². The van der Waals surface area contributed by atoms with E-state index < -0.39 is 32.7 Å². The van der Waals surface area contributed by atoms with Gasteiger partial charge in [-0.15, -0.1) is 0 Å². The van der Waals surface area contributed by atoms with Crippen molar-refractivity contribution in [2.24, 2.45) is 0 Å². The molecule has 0 fully saturated rings. The number of anilines is 1. The molecule has 2 aromatic carbocycles. The van der Waals surface area contributed by atoms with Gasteiger partial charge < -0.3 is 9.47 Å². The summed E-state index contributed by atoms with van der Waals surface area (Å²) in [4.78, 5) is 28.5. The average Bonchev–Trinajstić information content (AvgIpc) is 3.28. The van der Waals surface area contributed by atoms with Crippen LogP contribution in [0.4, 0.5) is 9.52 Å². The van der Waals surface area contributed by atoms with Crippen molar-refractivity contribution in [3.8, 4) is 17.6 Å². The lowest BCUT2D eigenvalue weighted by molar-refractivity contribution is -0.112. The lowest BCUT2D eigenvalue weighted by atomic mass is 10.1. The van der Waals surface area contributed by atoms with E-state index in [2.05, 4.69) is 14.7 Å². The molecule has 0 saturated carbocycles. The minimum Gasteiger partial charge on any atom is -0.490 e. The Morgan fingerprint density at radius 3 is 2.60 bits per heavy atom. The van der Waals surface area contributed by atoms with Crippen LogP contribution < -0.4 is 14.8 Å². The molecule has 1 aromatic heterocycles. The second-order valence-electron chi connectivity index (χ2n) is 6.79. The van der Waals surface area contributed by atoms with Gasteiger partial charge in [0.2, 0.25) is 15.0 Å². The van der Waals surface area contributed by atoms with Gasteiger partial charge in [-0.05, 0) is 42.8 Å². The highest BCUT2D eigenvalue weighted by molar-refractivity contribution is 7.90. The molecule has 0 saturated heterocycles. The van der Waals surface area contributed by atoms with Gasteiger partial charge in [-0.3, -0.25) is 10.1 Å². The fraction of sp³-hybridized carbons (Fsp3) is 0.136. The van der Waals surface area contributed by atoms with Crippen LogP contribution in [-0.4, -0.2) is 42.5 Å². The van der Waals surface area contributed by atoms with E-state index in [1.807, 2.05) is 0 Å². The number of carbonyl (C=O) groups is 2. The van der Waals surface area contributed by atoms with Crippen molar-refractivity contribution in [2.45, 2.75) is 12.1 Å². The summed E-state index contributed by atoms with van der Waals surface area (Å²) in [6.45, 7) is 1.91. The molecular formula is C22H17FN4O6S2. The highest BCUT2D eigenvalue weighted by Crippen LogP contribution is 2.30. The highest BCUT2D eigenvalue weighted by atomic mass is 32.2. The Morgan fingerprint density at radius 1 is 1.23 bits per heavy atom. The molecule has 0 radical (unpaired) electrons. The molecule has 0 atom stereocenters. The van der Waals surface area contributed by atoms with Crippen LogP contribution in [0.25, 0.3) is 6.08 Å². The molecule has 1 N–H and O–H groups in total. The zero-order valence-corrected chi connectivity index (χ0v) is 19.9. The van der Waals surface area contributed by atoms with Crippen LogP contribution in [-0.2, 0) is 14.6 Å². The largest absolute Gasteiger partial charge is 0.490 e. The minimum atomic E-state index is -3.65. The molecule has 3 aromatic rings. The van der Waals surface area contributed by atoms with Gasteiger partial charge in [0.05, 0.1) is 12.2 Å². The van der Waals surface area contributed by atoms with Gasteiger partial charge in [0, 0.05) is 17.8 Å². The number of carbonyl (C=O) groups excluding carboxylic acids is 2. The number of hydrogen-bond donors (Lipinski definition) is 1. The molecule has 1 amide bonds. The van der Waals surface area contributed by atoms with Gasteiger partial charge >= 0.3 is 5.97 Å². The molecule has 0 bridgehead atoms. The first kappa shape index (κ1) is 25.5. The number of nitriles is 1. The Kier molecular flexibility index (Phi) is 7.90. The first-order valence-corrected chi connectivity index (χ1v) is 12.5. The first-order valence-electron chi connectivity index (χ1n) is 9.82. The molecule has 0 unspecified atom stereocenters. The van der Waals surface area contributed by atoms with E-state index in [4.69, 9.17) is 9.47 Å². The second kappa shape index (κ2) is 10.9. The average molecular weight is 517 g/mol. The topological polar surface area (TPSA) is 148 Å². The highest BCUT2D eigenvalue weighted by Gasteiger charge is 2.19. The molecule has 0 aliphatic carbocycles. The molecule has 180 valence electrons. The summed E-state index contributed by atoms with van der Waals surface area (Å²) in [6.07, 6.45) is 2.17. The minimum absolute atomic E-state index is 0.0161. The van der Waals surface area contributed by atoms with E-state index in [-0.39, 0.29) is 34.4 Å². The second-order valence-corrected chi connectivity index (χ2v) is 9.45. The lowest BCUT2D eigenvalue weighted by Gasteiger charge is -2.12. The predicted octanol–water partition coefficient (Wildman–Crippen LogP) is 3.24. The normalized spacial score (nSPS) is 11.4. The number of nitrogens with one attached hydrogen (secondary N) is 1. The van der Waals surface area contributed by atoms with Crippen molar-refractivity contribution >= 4 is 44.5 Å². The van der Waals surface area contributed by atoms with Gasteiger partial charge in [0.25, 0.3) is 11.1 Å². The molecule has 13 heteroatoms. The van der Waals surface area contributed by atoms with E-state index in [1.54, 1.807) is 13.0 Å². The number of benzene rings is 2. The van der Waals surface area contributed by atoms with Crippen molar-refractivity contribution in [3.05, 3.63) is 65.0 Å². The van der Waals surface area contributed by atoms with Gasteiger partial charge in [-0.25, -0.2) is 17.6 Å². The van der Waals surface area contributed by atoms with Crippen LogP contribution in [0, 0.1) is 17.1 Å². The number of nitrogens with zero attached hydrogens (tertiary/aromatic N) is 3. The molecule has 0 aliphatic rings. The molecular weight excluding hydrogens is 499 g/mol. The Labute approximate surface area is 203 Å². The van der Waals surface area contributed by atoms with Gasteiger partial charge in [0.1, 0.15) is 17.5 Å². The Hall–Kier alpha value is -4.15. The van der Waals surface area contributed by atoms with Crippen LogP contribution in [0.5, 0.6) is 11.5 Å². The maximum absolute atomic E-state index is 13.9. The number of hydrogen-bond acceptors (Lipinski definition) is 10. The van der Waals surface area contributed by atoms with Crippen molar-refractivity contribution in [1.29, 1.82) is 5.26 Å². The third-order valence-electron chi connectivity index (χ3n) is 4.20. The fourth-order valence-corrected chi connectivity index (χ4v) is 4.08. The molecule has 1 heterocycles. The lowest BCUT2D eigenvalue weighted by Crippen LogP contribution is -2.13. The summed E-state index contributed by atoms with van der Waals surface area (Å²) in [6, 6.07) is 11.4. The summed E-state index contributed by atoms with van der Waals surface area (Å²) in [5.41, 5.74) is -0.211. The Balaban J connectivity index is 1.83. The maximum atomic E-state index is 13.9. The number of aromatic nitrogens is 2. The van der Waals surface area contributed by atoms with E-state index in [0.717, 1.165) is 12.3 Å². The summed E-state index contributed by atoms with van der Waals surface area (Å²) < 4.78 is 51.3. The quantitative estimate of drug-likeness (QED) is 0.206. The van der Waals surface area contributed by atoms with E-state index in [1.165, 1.54) is 42.5 Å². The number of sulfone groups is 1. The van der Waals surface area contributed by atoms with Gasteiger partial charge in [0.15, 0.2) is 11.5 Å². The summed E-state index contributed by atoms with van der Waals surface area (Å²) in [5, 5.41) is 11.2. The number of ether oxygens (including phenoxy) is 2. The smallest absolute Gasteiger partial charge is 0.346 e.